The van der Waals surface area contributed by atoms with Crippen LogP contribution in [0.25, 0.3) is 0 Å². The van der Waals surface area contributed by atoms with Crippen LogP contribution in [-0.4, -0.2) is 22.2 Å². The quantitative estimate of drug-likeness (QED) is 0.920. The number of carbonyl (C=O) groups is 1. The maximum atomic E-state index is 12.1. The molecule has 0 saturated heterocycles. The molecule has 1 aromatic heterocycles. The topological polar surface area (TPSA) is 64.1 Å². The van der Waals surface area contributed by atoms with E-state index in [0.29, 0.717) is 22.3 Å². The highest BCUT2D eigenvalue weighted by Crippen LogP contribution is 2.20. The van der Waals surface area contributed by atoms with Crippen molar-refractivity contribution in [3.8, 4) is 5.75 Å². The molecule has 0 radical (unpaired) electrons. The molecule has 0 aliphatic rings. The second-order valence-corrected chi connectivity index (χ2v) is 5.71. The minimum Gasteiger partial charge on any atom is -0.481 e. The Bertz CT molecular complexity index is 603. The Morgan fingerprint density at radius 2 is 2.30 bits per heavy atom. The third kappa shape index (κ3) is 3.91. The van der Waals surface area contributed by atoms with E-state index in [2.05, 4.69) is 15.5 Å². The highest BCUT2D eigenvalue weighted by molar-refractivity contribution is 7.15. The van der Waals surface area contributed by atoms with Gasteiger partial charge >= 0.3 is 0 Å². The van der Waals surface area contributed by atoms with Gasteiger partial charge in [-0.25, -0.2) is 0 Å². The number of benzene rings is 1. The number of aryl methyl sites for hydroxylation is 1. The molecule has 20 heavy (non-hydrogen) atoms. The molecule has 1 heterocycles. The molecule has 2 aromatic rings. The predicted octanol–water partition coefficient (Wildman–Crippen LogP) is 3.30. The Hall–Kier alpha value is -1.66. The zero-order valence-electron chi connectivity index (χ0n) is 11.1. The molecule has 5 nitrogen and oxygen atoms in total. The number of ether oxygens (including phenoxy) is 1. The summed E-state index contributed by atoms with van der Waals surface area (Å²) in [6.45, 7) is 3.70. The average molecular weight is 312 g/mol. The lowest BCUT2D eigenvalue weighted by atomic mass is 10.2. The number of aromatic nitrogens is 2. The SMILES string of the molecule is CC[C@@H](Oc1cccc(Cl)c1)C(=O)Nc1nnc(C)s1. The lowest BCUT2D eigenvalue weighted by Crippen LogP contribution is -2.32. The fourth-order valence-electron chi connectivity index (χ4n) is 1.56. The first-order valence-corrected chi connectivity index (χ1v) is 7.31. The van der Waals surface area contributed by atoms with Gasteiger partial charge < -0.3 is 4.74 Å². The summed E-state index contributed by atoms with van der Waals surface area (Å²) in [6, 6.07) is 6.96. The molecular formula is C13H14ClN3O2S. The molecule has 1 amide bonds. The molecule has 0 fully saturated rings. The van der Waals surface area contributed by atoms with Gasteiger partial charge in [0.05, 0.1) is 0 Å². The summed E-state index contributed by atoms with van der Waals surface area (Å²) in [6.07, 6.45) is -0.0615. The van der Waals surface area contributed by atoms with E-state index >= 15 is 0 Å². The van der Waals surface area contributed by atoms with Gasteiger partial charge in [-0.2, -0.15) is 0 Å². The number of nitrogens with one attached hydrogen (secondary N) is 1. The van der Waals surface area contributed by atoms with Crippen LogP contribution < -0.4 is 10.1 Å². The number of nitrogens with zero attached hydrogens (tertiary/aromatic N) is 2. The van der Waals surface area contributed by atoms with Crippen LogP contribution in [0.5, 0.6) is 5.75 Å². The largest absolute Gasteiger partial charge is 0.481 e. The zero-order chi connectivity index (χ0) is 14.5. The molecule has 0 aliphatic heterocycles. The first-order valence-electron chi connectivity index (χ1n) is 6.11. The summed E-state index contributed by atoms with van der Waals surface area (Å²) in [4.78, 5) is 12.1. The normalized spacial score (nSPS) is 11.9. The van der Waals surface area contributed by atoms with E-state index in [-0.39, 0.29) is 5.91 Å². The van der Waals surface area contributed by atoms with Crippen molar-refractivity contribution in [3.05, 3.63) is 34.3 Å². The van der Waals surface area contributed by atoms with Gasteiger partial charge in [-0.3, -0.25) is 10.1 Å². The Labute approximate surface area is 125 Å². The van der Waals surface area contributed by atoms with Gasteiger partial charge in [-0.1, -0.05) is 35.9 Å². The van der Waals surface area contributed by atoms with Crippen molar-refractivity contribution in [2.45, 2.75) is 26.4 Å². The fourth-order valence-corrected chi connectivity index (χ4v) is 2.33. The first kappa shape index (κ1) is 14.7. The number of carbonyl (C=O) groups excluding carboxylic acids is 1. The minimum atomic E-state index is -0.599. The Balaban J connectivity index is 2.02. The van der Waals surface area contributed by atoms with Crippen molar-refractivity contribution >= 4 is 34.0 Å². The molecule has 0 aliphatic carbocycles. The van der Waals surface area contributed by atoms with Crippen LogP contribution in [-0.2, 0) is 4.79 Å². The number of amides is 1. The van der Waals surface area contributed by atoms with Crippen molar-refractivity contribution in [1.82, 2.24) is 10.2 Å². The fraction of sp³-hybridized carbons (Fsp3) is 0.308. The number of hydrogen-bond donors (Lipinski definition) is 1. The van der Waals surface area contributed by atoms with Gasteiger partial charge in [0.25, 0.3) is 5.91 Å². The summed E-state index contributed by atoms with van der Waals surface area (Å²) in [5.74, 6) is 0.316. The molecule has 1 N–H and O–H groups in total. The standard InChI is InChI=1S/C13H14ClN3O2S/c1-3-11(19-10-6-4-5-9(14)7-10)12(18)15-13-17-16-8(2)20-13/h4-7,11H,3H2,1-2H3,(H,15,17,18)/t11-/m1/s1. The lowest BCUT2D eigenvalue weighted by Gasteiger charge is -2.16. The Morgan fingerprint density at radius 1 is 1.50 bits per heavy atom. The van der Waals surface area contributed by atoms with Crippen LogP contribution in [0.2, 0.25) is 5.02 Å². The minimum absolute atomic E-state index is 0.247. The van der Waals surface area contributed by atoms with Gasteiger partial charge in [0, 0.05) is 5.02 Å². The van der Waals surface area contributed by atoms with Crippen LogP contribution in [0, 0.1) is 6.92 Å². The van der Waals surface area contributed by atoms with Crippen molar-refractivity contribution in [2.24, 2.45) is 0 Å². The van der Waals surface area contributed by atoms with E-state index < -0.39 is 6.10 Å². The van der Waals surface area contributed by atoms with Gasteiger partial charge in [0.15, 0.2) is 6.10 Å². The maximum absolute atomic E-state index is 12.1. The average Bonchev–Trinajstić information content (AvgIpc) is 2.81. The van der Waals surface area contributed by atoms with Crippen LogP contribution >= 0.6 is 22.9 Å². The molecule has 0 bridgehead atoms. The summed E-state index contributed by atoms with van der Waals surface area (Å²) >= 11 is 7.21. The van der Waals surface area contributed by atoms with Gasteiger partial charge in [-0.15, -0.1) is 10.2 Å². The number of hydrogen-bond acceptors (Lipinski definition) is 5. The summed E-state index contributed by atoms with van der Waals surface area (Å²) < 4.78 is 5.65. The first-order chi connectivity index (χ1) is 9.58. The maximum Gasteiger partial charge on any atom is 0.267 e. The number of rotatable bonds is 5. The van der Waals surface area contributed by atoms with E-state index in [1.165, 1.54) is 11.3 Å². The van der Waals surface area contributed by atoms with E-state index in [4.69, 9.17) is 16.3 Å². The van der Waals surface area contributed by atoms with Gasteiger partial charge in [0.1, 0.15) is 10.8 Å². The van der Waals surface area contributed by atoms with Crippen molar-refractivity contribution in [2.75, 3.05) is 5.32 Å². The van der Waals surface area contributed by atoms with Crippen LogP contribution in [0.15, 0.2) is 24.3 Å². The number of halogens is 1. The Morgan fingerprint density at radius 3 is 2.90 bits per heavy atom. The lowest BCUT2D eigenvalue weighted by molar-refractivity contribution is -0.122. The third-order valence-corrected chi connectivity index (χ3v) is 3.48. The summed E-state index contributed by atoms with van der Waals surface area (Å²) in [5.41, 5.74) is 0. The second-order valence-electron chi connectivity index (χ2n) is 4.09. The number of anilines is 1. The van der Waals surface area contributed by atoms with Crippen molar-refractivity contribution < 1.29 is 9.53 Å². The molecule has 0 unspecified atom stereocenters. The molecule has 7 heteroatoms. The van der Waals surface area contributed by atoms with E-state index in [1.54, 1.807) is 24.3 Å². The summed E-state index contributed by atoms with van der Waals surface area (Å²) in [7, 11) is 0. The smallest absolute Gasteiger partial charge is 0.267 e. The Kier molecular flexibility index (Phi) is 4.92. The molecule has 106 valence electrons. The predicted molar refractivity (Wildman–Crippen MR) is 79.4 cm³/mol. The summed E-state index contributed by atoms with van der Waals surface area (Å²) in [5, 5.41) is 12.2. The van der Waals surface area contributed by atoms with Crippen molar-refractivity contribution in [1.29, 1.82) is 0 Å². The second kappa shape index (κ2) is 6.67. The van der Waals surface area contributed by atoms with E-state index in [9.17, 15) is 4.79 Å². The van der Waals surface area contributed by atoms with Crippen LogP contribution in [0.4, 0.5) is 5.13 Å². The molecule has 0 saturated carbocycles. The van der Waals surface area contributed by atoms with Crippen molar-refractivity contribution in [3.63, 3.8) is 0 Å². The van der Waals surface area contributed by atoms with E-state index in [0.717, 1.165) is 5.01 Å². The monoisotopic (exact) mass is 311 g/mol. The molecular weight excluding hydrogens is 298 g/mol. The molecule has 1 aromatic carbocycles. The van der Waals surface area contributed by atoms with Gasteiger partial charge in [0.2, 0.25) is 5.13 Å². The zero-order valence-corrected chi connectivity index (χ0v) is 12.7. The molecule has 1 atom stereocenters. The van der Waals surface area contributed by atoms with Crippen LogP contribution in [0.3, 0.4) is 0 Å². The molecule has 2 rings (SSSR count). The third-order valence-electron chi connectivity index (χ3n) is 2.49. The highest BCUT2D eigenvalue weighted by atomic mass is 35.5. The van der Waals surface area contributed by atoms with Gasteiger partial charge in [-0.05, 0) is 31.5 Å². The van der Waals surface area contributed by atoms with Crippen LogP contribution in [0.1, 0.15) is 18.4 Å². The molecule has 0 spiro atoms. The van der Waals surface area contributed by atoms with E-state index in [1.807, 2.05) is 13.8 Å². The highest BCUT2D eigenvalue weighted by Gasteiger charge is 2.19.